The van der Waals surface area contributed by atoms with E-state index in [1.54, 1.807) is 13.0 Å². The summed E-state index contributed by atoms with van der Waals surface area (Å²) in [4.78, 5) is 20.0. The first-order valence-electron chi connectivity index (χ1n) is 6.76. The van der Waals surface area contributed by atoms with Gasteiger partial charge < -0.3 is 10.6 Å². The van der Waals surface area contributed by atoms with Crippen LogP contribution in [0, 0.1) is 12.7 Å². The van der Waals surface area contributed by atoms with Gasteiger partial charge in [0.25, 0.3) is 5.91 Å². The highest BCUT2D eigenvalue weighted by Crippen LogP contribution is 2.24. The molecule has 1 aliphatic heterocycles. The van der Waals surface area contributed by atoms with Gasteiger partial charge in [-0.1, -0.05) is 6.07 Å². The molecule has 1 aromatic heterocycles. The molecule has 2 aromatic rings. The minimum atomic E-state index is -0.463. The third kappa shape index (κ3) is 4.16. The normalized spacial score (nSPS) is 12.4. The molecule has 0 fully saturated rings. The summed E-state index contributed by atoms with van der Waals surface area (Å²) >= 11 is 0. The van der Waals surface area contributed by atoms with Gasteiger partial charge in [0.15, 0.2) is 0 Å². The zero-order valence-electron chi connectivity index (χ0n) is 12.4. The highest BCUT2D eigenvalue weighted by atomic mass is 35.5. The third-order valence-corrected chi connectivity index (χ3v) is 3.47. The Balaban J connectivity index is 0.00000132. The predicted molar refractivity (Wildman–Crippen MR) is 91.0 cm³/mol. The van der Waals surface area contributed by atoms with Crippen molar-refractivity contribution in [2.45, 2.75) is 19.9 Å². The zero-order valence-corrected chi connectivity index (χ0v) is 14.1. The molecule has 2 N–H and O–H groups in total. The Hall–Kier alpha value is -1.76. The molecule has 0 atom stereocenters. The SMILES string of the molecule is Cc1cnc(C(=O)Nc2ccc3c(c2F)CCNC3)cn1.Cl.Cl. The van der Waals surface area contributed by atoms with Crippen molar-refractivity contribution in [3.63, 3.8) is 0 Å². The molecule has 0 saturated carbocycles. The van der Waals surface area contributed by atoms with Crippen LogP contribution < -0.4 is 10.6 Å². The Bertz CT molecular complexity index is 695. The first-order chi connectivity index (χ1) is 10.1. The maximum absolute atomic E-state index is 14.4. The van der Waals surface area contributed by atoms with Gasteiger partial charge in [0.1, 0.15) is 11.5 Å². The second kappa shape index (κ2) is 8.19. The number of rotatable bonds is 2. The average molecular weight is 359 g/mol. The van der Waals surface area contributed by atoms with Gasteiger partial charge in [0.05, 0.1) is 17.6 Å². The molecule has 0 aliphatic carbocycles. The van der Waals surface area contributed by atoms with Crippen molar-refractivity contribution >= 4 is 36.4 Å². The summed E-state index contributed by atoms with van der Waals surface area (Å²) < 4.78 is 14.4. The smallest absolute Gasteiger partial charge is 0.275 e. The number of aryl methyl sites for hydroxylation is 1. The topological polar surface area (TPSA) is 66.9 Å². The molecule has 8 heteroatoms. The van der Waals surface area contributed by atoms with Gasteiger partial charge in [-0.15, -0.1) is 24.8 Å². The molecule has 1 amide bonds. The van der Waals surface area contributed by atoms with Gasteiger partial charge in [-0.3, -0.25) is 9.78 Å². The van der Waals surface area contributed by atoms with Gasteiger partial charge in [0.2, 0.25) is 0 Å². The molecule has 0 radical (unpaired) electrons. The zero-order chi connectivity index (χ0) is 14.8. The number of anilines is 1. The minimum absolute atomic E-state index is 0. The van der Waals surface area contributed by atoms with Crippen molar-refractivity contribution < 1.29 is 9.18 Å². The molecular formula is C15H17Cl2FN4O. The van der Waals surface area contributed by atoms with Crippen LogP contribution in [-0.4, -0.2) is 22.4 Å². The quantitative estimate of drug-likeness (QED) is 0.865. The molecular weight excluding hydrogens is 342 g/mol. The van der Waals surface area contributed by atoms with Crippen molar-refractivity contribution in [3.8, 4) is 0 Å². The monoisotopic (exact) mass is 358 g/mol. The minimum Gasteiger partial charge on any atom is -0.318 e. The number of carbonyl (C=O) groups excluding carboxylic acids is 1. The summed E-state index contributed by atoms with van der Waals surface area (Å²) in [6, 6.07) is 3.42. The molecule has 0 saturated heterocycles. The molecule has 124 valence electrons. The van der Waals surface area contributed by atoms with Crippen LogP contribution in [0.1, 0.15) is 27.3 Å². The standard InChI is InChI=1S/C15H15FN4O.2ClH/c1-9-6-19-13(8-18-9)15(21)20-12-3-2-10-7-17-5-4-11(10)14(12)16;;/h2-3,6,8,17H,4-5,7H2,1H3,(H,20,21);2*1H. The number of nitrogens with one attached hydrogen (secondary N) is 2. The largest absolute Gasteiger partial charge is 0.318 e. The molecule has 1 aliphatic rings. The van der Waals surface area contributed by atoms with Gasteiger partial charge in [-0.2, -0.15) is 0 Å². The van der Waals surface area contributed by atoms with E-state index in [4.69, 9.17) is 0 Å². The first kappa shape index (κ1) is 19.3. The van der Waals surface area contributed by atoms with E-state index < -0.39 is 5.91 Å². The number of carbonyl (C=O) groups is 1. The average Bonchev–Trinajstić information content (AvgIpc) is 2.51. The number of amides is 1. The van der Waals surface area contributed by atoms with Gasteiger partial charge in [0, 0.05) is 12.7 Å². The van der Waals surface area contributed by atoms with Crippen LogP contribution in [0.5, 0.6) is 0 Å². The summed E-state index contributed by atoms with van der Waals surface area (Å²) in [7, 11) is 0. The lowest BCUT2D eigenvalue weighted by Gasteiger charge is -2.19. The van der Waals surface area contributed by atoms with Crippen LogP contribution in [-0.2, 0) is 13.0 Å². The molecule has 3 rings (SSSR count). The fraction of sp³-hybridized carbons (Fsp3) is 0.267. The van der Waals surface area contributed by atoms with Crippen molar-refractivity contribution in [1.29, 1.82) is 0 Å². The van der Waals surface area contributed by atoms with E-state index in [1.807, 2.05) is 6.07 Å². The van der Waals surface area contributed by atoms with Crippen molar-refractivity contribution in [2.24, 2.45) is 0 Å². The maximum Gasteiger partial charge on any atom is 0.275 e. The van der Waals surface area contributed by atoms with E-state index in [1.165, 1.54) is 12.4 Å². The second-order valence-corrected chi connectivity index (χ2v) is 4.99. The van der Waals surface area contributed by atoms with E-state index in [0.717, 1.165) is 17.8 Å². The molecule has 2 heterocycles. The number of hydrogen-bond donors (Lipinski definition) is 2. The third-order valence-electron chi connectivity index (χ3n) is 3.47. The van der Waals surface area contributed by atoms with Crippen LogP contribution in [0.2, 0.25) is 0 Å². The summed E-state index contributed by atoms with van der Waals surface area (Å²) in [5.74, 6) is -0.822. The van der Waals surface area contributed by atoms with Crippen LogP contribution in [0.25, 0.3) is 0 Å². The van der Waals surface area contributed by atoms with Gasteiger partial charge in [-0.05, 0) is 37.1 Å². The number of fused-ring (bicyclic) bond motifs is 1. The van der Waals surface area contributed by atoms with Crippen LogP contribution >= 0.6 is 24.8 Å². The number of nitrogens with zero attached hydrogens (tertiary/aromatic N) is 2. The Labute approximate surface area is 145 Å². The van der Waals surface area contributed by atoms with E-state index in [0.29, 0.717) is 18.5 Å². The molecule has 5 nitrogen and oxygen atoms in total. The highest BCUT2D eigenvalue weighted by Gasteiger charge is 2.18. The Morgan fingerprint density at radius 2 is 2.04 bits per heavy atom. The molecule has 1 aromatic carbocycles. The van der Waals surface area contributed by atoms with Crippen molar-refractivity contribution in [2.75, 3.05) is 11.9 Å². The number of halogens is 3. The Morgan fingerprint density at radius 3 is 2.74 bits per heavy atom. The van der Waals surface area contributed by atoms with Crippen molar-refractivity contribution in [3.05, 3.63) is 52.9 Å². The number of hydrogen-bond acceptors (Lipinski definition) is 4. The summed E-state index contributed by atoms with van der Waals surface area (Å²) in [5.41, 5.74) is 2.68. The summed E-state index contributed by atoms with van der Waals surface area (Å²) in [5, 5.41) is 5.75. The summed E-state index contributed by atoms with van der Waals surface area (Å²) in [6.45, 7) is 3.18. The predicted octanol–water partition coefficient (Wildman–Crippen LogP) is 2.67. The van der Waals surface area contributed by atoms with Crippen LogP contribution in [0.15, 0.2) is 24.5 Å². The lowest BCUT2D eigenvalue weighted by Crippen LogP contribution is -2.25. The molecule has 0 spiro atoms. The lowest BCUT2D eigenvalue weighted by atomic mass is 9.99. The van der Waals surface area contributed by atoms with E-state index in [2.05, 4.69) is 20.6 Å². The molecule has 0 bridgehead atoms. The van der Waals surface area contributed by atoms with Gasteiger partial charge >= 0.3 is 0 Å². The fourth-order valence-electron chi connectivity index (χ4n) is 2.33. The van der Waals surface area contributed by atoms with E-state index in [9.17, 15) is 9.18 Å². The Morgan fingerprint density at radius 1 is 1.26 bits per heavy atom. The van der Waals surface area contributed by atoms with Gasteiger partial charge in [-0.25, -0.2) is 9.37 Å². The summed E-state index contributed by atoms with van der Waals surface area (Å²) in [6.07, 6.45) is 3.50. The molecule has 23 heavy (non-hydrogen) atoms. The van der Waals surface area contributed by atoms with E-state index in [-0.39, 0.29) is 42.0 Å². The fourth-order valence-corrected chi connectivity index (χ4v) is 2.33. The number of benzene rings is 1. The van der Waals surface area contributed by atoms with Crippen LogP contribution in [0.3, 0.4) is 0 Å². The second-order valence-electron chi connectivity index (χ2n) is 4.99. The lowest BCUT2D eigenvalue weighted by molar-refractivity contribution is 0.102. The highest BCUT2D eigenvalue weighted by molar-refractivity contribution is 6.02. The Kier molecular flexibility index (Phi) is 6.87. The number of aromatic nitrogens is 2. The van der Waals surface area contributed by atoms with E-state index >= 15 is 0 Å². The maximum atomic E-state index is 14.4. The van der Waals surface area contributed by atoms with Crippen LogP contribution in [0.4, 0.5) is 10.1 Å². The van der Waals surface area contributed by atoms with Crippen molar-refractivity contribution in [1.82, 2.24) is 15.3 Å². The molecule has 0 unspecified atom stereocenters. The first-order valence-corrected chi connectivity index (χ1v) is 6.76.